The average molecular weight is 270 g/mol. The molecular formula is C16H18N2O2. The fourth-order valence-electron chi connectivity index (χ4n) is 1.93. The molecule has 104 valence electrons. The Labute approximate surface area is 118 Å². The zero-order chi connectivity index (χ0) is 14.5. The summed E-state index contributed by atoms with van der Waals surface area (Å²) in [4.78, 5) is 15.5. The van der Waals surface area contributed by atoms with Crippen molar-refractivity contribution in [3.63, 3.8) is 0 Å². The van der Waals surface area contributed by atoms with Crippen LogP contribution in [0, 0.1) is 6.92 Å². The maximum atomic E-state index is 11.2. The number of anilines is 1. The van der Waals surface area contributed by atoms with E-state index >= 15 is 0 Å². The second-order valence-electron chi connectivity index (χ2n) is 4.27. The molecule has 0 unspecified atom stereocenters. The number of nitrogens with one attached hydrogen (secondary N) is 1. The summed E-state index contributed by atoms with van der Waals surface area (Å²) >= 11 is 0. The highest BCUT2D eigenvalue weighted by Crippen LogP contribution is 2.32. The standard InChI is InChI=1S/C14H12N2O2.C2H6/c1-9-4-5-15-12(6-9)10-2-3-11-13(7-10)18-8-14(17)16-11;1-2/h2-7H,8H2,1H3,(H,16,17);1-2H3. The second kappa shape index (κ2) is 6.19. The zero-order valence-electron chi connectivity index (χ0n) is 11.9. The molecule has 0 saturated heterocycles. The van der Waals surface area contributed by atoms with Gasteiger partial charge in [0.1, 0.15) is 5.75 Å². The Hall–Kier alpha value is -2.36. The molecule has 0 bridgehead atoms. The summed E-state index contributed by atoms with van der Waals surface area (Å²) in [6, 6.07) is 9.64. The van der Waals surface area contributed by atoms with E-state index in [1.54, 1.807) is 6.20 Å². The van der Waals surface area contributed by atoms with Crippen molar-refractivity contribution in [1.82, 2.24) is 4.98 Å². The summed E-state index contributed by atoms with van der Waals surface area (Å²) in [6.45, 7) is 6.10. The molecule has 1 amide bonds. The SMILES string of the molecule is CC.Cc1ccnc(-c2ccc3c(c2)OCC(=O)N3)c1. The fourth-order valence-corrected chi connectivity index (χ4v) is 1.93. The molecule has 2 heterocycles. The summed E-state index contributed by atoms with van der Waals surface area (Å²) in [5.74, 6) is 0.569. The van der Waals surface area contributed by atoms with Crippen molar-refractivity contribution in [2.45, 2.75) is 20.8 Å². The average Bonchev–Trinajstić information content (AvgIpc) is 2.49. The topological polar surface area (TPSA) is 51.2 Å². The number of carbonyl (C=O) groups excluding carboxylic acids is 1. The molecule has 3 rings (SSSR count). The van der Waals surface area contributed by atoms with Gasteiger partial charge < -0.3 is 10.1 Å². The van der Waals surface area contributed by atoms with E-state index in [0.29, 0.717) is 11.4 Å². The van der Waals surface area contributed by atoms with Crippen molar-refractivity contribution in [2.75, 3.05) is 11.9 Å². The summed E-state index contributed by atoms with van der Waals surface area (Å²) in [5, 5.41) is 2.77. The van der Waals surface area contributed by atoms with Crippen LogP contribution in [0.3, 0.4) is 0 Å². The summed E-state index contributed by atoms with van der Waals surface area (Å²) < 4.78 is 5.39. The van der Waals surface area contributed by atoms with Crippen LogP contribution in [0.25, 0.3) is 11.3 Å². The Bertz CT molecular complexity index is 624. The van der Waals surface area contributed by atoms with E-state index in [2.05, 4.69) is 10.3 Å². The number of nitrogens with zero attached hydrogens (tertiary/aromatic N) is 1. The van der Waals surface area contributed by atoms with E-state index in [0.717, 1.165) is 16.8 Å². The number of hydrogen-bond donors (Lipinski definition) is 1. The molecular weight excluding hydrogens is 252 g/mol. The molecule has 2 aromatic rings. The van der Waals surface area contributed by atoms with Crippen LogP contribution in [0.15, 0.2) is 36.5 Å². The molecule has 4 heteroatoms. The van der Waals surface area contributed by atoms with E-state index in [-0.39, 0.29) is 12.5 Å². The smallest absolute Gasteiger partial charge is 0.262 e. The van der Waals surface area contributed by atoms with Crippen LogP contribution in [-0.2, 0) is 4.79 Å². The molecule has 0 radical (unpaired) electrons. The van der Waals surface area contributed by atoms with Gasteiger partial charge in [-0.05, 0) is 36.8 Å². The molecule has 1 N–H and O–H groups in total. The van der Waals surface area contributed by atoms with E-state index in [1.165, 1.54) is 0 Å². The number of fused-ring (bicyclic) bond motifs is 1. The van der Waals surface area contributed by atoms with E-state index in [1.807, 2.05) is 51.1 Å². The molecule has 1 aliphatic heterocycles. The van der Waals surface area contributed by atoms with Gasteiger partial charge >= 0.3 is 0 Å². The predicted molar refractivity (Wildman–Crippen MR) is 79.9 cm³/mol. The highest BCUT2D eigenvalue weighted by molar-refractivity contribution is 5.95. The Balaban J connectivity index is 0.000000704. The Morgan fingerprint density at radius 2 is 2.00 bits per heavy atom. The summed E-state index contributed by atoms with van der Waals surface area (Å²) in [7, 11) is 0. The quantitative estimate of drug-likeness (QED) is 0.864. The van der Waals surface area contributed by atoms with E-state index in [9.17, 15) is 4.79 Å². The fraction of sp³-hybridized carbons (Fsp3) is 0.250. The monoisotopic (exact) mass is 270 g/mol. The van der Waals surface area contributed by atoms with Gasteiger partial charge in [0.05, 0.1) is 11.4 Å². The number of aryl methyl sites for hydroxylation is 1. The number of aromatic nitrogens is 1. The number of benzene rings is 1. The molecule has 1 aromatic heterocycles. The van der Waals surface area contributed by atoms with Crippen molar-refractivity contribution in [2.24, 2.45) is 0 Å². The van der Waals surface area contributed by atoms with Gasteiger partial charge in [0.15, 0.2) is 6.61 Å². The van der Waals surface area contributed by atoms with Crippen LogP contribution in [-0.4, -0.2) is 17.5 Å². The highest BCUT2D eigenvalue weighted by atomic mass is 16.5. The molecule has 4 nitrogen and oxygen atoms in total. The largest absolute Gasteiger partial charge is 0.482 e. The Kier molecular flexibility index (Phi) is 4.35. The first-order valence-electron chi connectivity index (χ1n) is 6.72. The summed E-state index contributed by atoms with van der Waals surface area (Å²) in [5.41, 5.74) is 3.75. The van der Waals surface area contributed by atoms with Crippen LogP contribution >= 0.6 is 0 Å². The number of amides is 1. The maximum absolute atomic E-state index is 11.2. The number of ether oxygens (including phenoxy) is 1. The Morgan fingerprint density at radius 3 is 2.75 bits per heavy atom. The van der Waals surface area contributed by atoms with Crippen LogP contribution in [0.2, 0.25) is 0 Å². The summed E-state index contributed by atoms with van der Waals surface area (Å²) in [6.07, 6.45) is 1.78. The minimum absolute atomic E-state index is 0.0672. The van der Waals surface area contributed by atoms with Crippen molar-refractivity contribution < 1.29 is 9.53 Å². The lowest BCUT2D eigenvalue weighted by atomic mass is 10.1. The molecule has 0 saturated carbocycles. The van der Waals surface area contributed by atoms with Gasteiger partial charge in [0, 0.05) is 11.8 Å². The first-order chi connectivity index (χ1) is 9.72. The van der Waals surface area contributed by atoms with Crippen LogP contribution in [0.4, 0.5) is 5.69 Å². The van der Waals surface area contributed by atoms with Gasteiger partial charge in [-0.1, -0.05) is 19.9 Å². The molecule has 20 heavy (non-hydrogen) atoms. The van der Waals surface area contributed by atoms with Gasteiger partial charge in [0.2, 0.25) is 0 Å². The first-order valence-corrected chi connectivity index (χ1v) is 6.72. The van der Waals surface area contributed by atoms with Crippen LogP contribution in [0.5, 0.6) is 5.75 Å². The third kappa shape index (κ3) is 2.96. The van der Waals surface area contributed by atoms with Gasteiger partial charge in [-0.3, -0.25) is 9.78 Å². The number of pyridine rings is 1. The first kappa shape index (κ1) is 14.1. The third-order valence-electron chi connectivity index (χ3n) is 2.83. The van der Waals surface area contributed by atoms with Crippen LogP contribution < -0.4 is 10.1 Å². The van der Waals surface area contributed by atoms with Crippen molar-refractivity contribution in [3.05, 3.63) is 42.1 Å². The van der Waals surface area contributed by atoms with Crippen molar-refractivity contribution in [3.8, 4) is 17.0 Å². The number of carbonyl (C=O) groups is 1. The zero-order valence-corrected chi connectivity index (χ0v) is 11.9. The maximum Gasteiger partial charge on any atom is 0.262 e. The molecule has 0 spiro atoms. The minimum Gasteiger partial charge on any atom is -0.482 e. The van der Waals surface area contributed by atoms with E-state index < -0.39 is 0 Å². The van der Waals surface area contributed by atoms with Gasteiger partial charge in [-0.25, -0.2) is 0 Å². The third-order valence-corrected chi connectivity index (χ3v) is 2.83. The lowest BCUT2D eigenvalue weighted by Gasteiger charge is -2.18. The van der Waals surface area contributed by atoms with Crippen molar-refractivity contribution in [1.29, 1.82) is 0 Å². The molecule has 1 aliphatic rings. The second-order valence-corrected chi connectivity index (χ2v) is 4.27. The predicted octanol–water partition coefficient (Wildman–Crippen LogP) is 3.41. The van der Waals surface area contributed by atoms with Gasteiger partial charge in [0.25, 0.3) is 5.91 Å². The molecule has 1 aromatic carbocycles. The molecule has 0 fully saturated rings. The van der Waals surface area contributed by atoms with Crippen molar-refractivity contribution >= 4 is 11.6 Å². The molecule has 0 aliphatic carbocycles. The molecule has 0 atom stereocenters. The van der Waals surface area contributed by atoms with Gasteiger partial charge in [-0.2, -0.15) is 0 Å². The lowest BCUT2D eigenvalue weighted by molar-refractivity contribution is -0.118. The minimum atomic E-state index is -0.121. The Morgan fingerprint density at radius 1 is 1.20 bits per heavy atom. The normalized spacial score (nSPS) is 12.4. The highest BCUT2D eigenvalue weighted by Gasteiger charge is 2.16. The number of hydrogen-bond acceptors (Lipinski definition) is 3. The number of rotatable bonds is 1. The lowest BCUT2D eigenvalue weighted by Crippen LogP contribution is -2.25. The van der Waals surface area contributed by atoms with Gasteiger partial charge in [-0.15, -0.1) is 0 Å². The van der Waals surface area contributed by atoms with Crippen LogP contribution in [0.1, 0.15) is 19.4 Å². The van der Waals surface area contributed by atoms with E-state index in [4.69, 9.17) is 4.74 Å².